The molecule has 0 spiro atoms. The first-order valence-corrected chi connectivity index (χ1v) is 11.0. The second kappa shape index (κ2) is 8.76. The number of aromatic hydroxyl groups is 1. The number of esters is 1. The minimum Gasteiger partial charge on any atom is -0.508 e. The maximum atomic E-state index is 14.8. The maximum Gasteiger partial charge on any atom is 0.337 e. The van der Waals surface area contributed by atoms with Crippen LogP contribution in [0.3, 0.4) is 0 Å². The molecule has 0 saturated carbocycles. The number of methoxy groups -OCH3 is 1. The fourth-order valence-electron chi connectivity index (χ4n) is 4.54. The van der Waals surface area contributed by atoms with Crippen molar-refractivity contribution < 1.29 is 19.0 Å². The Balaban J connectivity index is 1.56. The molecule has 34 heavy (non-hydrogen) atoms. The Morgan fingerprint density at radius 3 is 2.68 bits per heavy atom. The summed E-state index contributed by atoms with van der Waals surface area (Å²) in [6, 6.07) is 19.1. The third-order valence-electron chi connectivity index (χ3n) is 6.04. The summed E-state index contributed by atoms with van der Waals surface area (Å²) in [5, 5.41) is 15.3. The molecule has 0 radical (unpaired) electrons. The van der Waals surface area contributed by atoms with E-state index in [2.05, 4.69) is 4.90 Å². The van der Waals surface area contributed by atoms with Crippen molar-refractivity contribution in [2.24, 2.45) is 0 Å². The number of rotatable bonds is 5. The number of phenolic OH excluding ortho intramolecular Hbond substituents is 1. The Bertz CT molecular complexity index is 1400. The molecule has 0 saturated heterocycles. The first-order chi connectivity index (χ1) is 16.4. The highest BCUT2D eigenvalue weighted by atomic mass is 19.1. The van der Waals surface area contributed by atoms with Crippen molar-refractivity contribution in [2.75, 3.05) is 14.2 Å². The number of carbonyl (C=O) groups excluding carboxylic acids is 1. The van der Waals surface area contributed by atoms with Crippen LogP contribution < -0.4 is 0 Å². The van der Waals surface area contributed by atoms with Gasteiger partial charge in [0.2, 0.25) is 0 Å². The molecule has 0 amide bonds. The summed E-state index contributed by atoms with van der Waals surface area (Å²) in [5.74, 6) is -0.618. The number of phenols is 1. The van der Waals surface area contributed by atoms with Gasteiger partial charge in [-0.3, -0.25) is 9.58 Å². The van der Waals surface area contributed by atoms with Crippen LogP contribution in [0.25, 0.3) is 22.4 Å². The Hall–Kier alpha value is -3.97. The number of halogens is 1. The van der Waals surface area contributed by atoms with Crippen LogP contribution >= 0.6 is 0 Å². The summed E-state index contributed by atoms with van der Waals surface area (Å²) in [6.07, 6.45) is 0. The van der Waals surface area contributed by atoms with Gasteiger partial charge >= 0.3 is 5.97 Å². The summed E-state index contributed by atoms with van der Waals surface area (Å²) in [7, 11) is 3.36. The molecule has 0 atom stereocenters. The third kappa shape index (κ3) is 4.06. The van der Waals surface area contributed by atoms with Gasteiger partial charge in [0, 0.05) is 24.2 Å². The fourth-order valence-corrected chi connectivity index (χ4v) is 4.54. The minimum atomic E-state index is -0.423. The first kappa shape index (κ1) is 21.9. The Kier molecular flexibility index (Phi) is 5.63. The molecule has 1 aromatic heterocycles. The van der Waals surface area contributed by atoms with E-state index < -0.39 is 5.97 Å². The molecule has 2 heterocycles. The van der Waals surface area contributed by atoms with Crippen LogP contribution in [0.1, 0.15) is 27.2 Å². The summed E-state index contributed by atoms with van der Waals surface area (Å²) in [5.41, 5.74) is 6.01. The Labute approximate surface area is 196 Å². The van der Waals surface area contributed by atoms with Crippen molar-refractivity contribution in [2.45, 2.75) is 19.6 Å². The molecule has 1 N–H and O–H groups in total. The number of ether oxygens (including phenoxy) is 1. The highest BCUT2D eigenvalue weighted by Gasteiger charge is 2.27. The zero-order valence-corrected chi connectivity index (χ0v) is 19.0. The van der Waals surface area contributed by atoms with Crippen LogP contribution in [0.5, 0.6) is 5.75 Å². The van der Waals surface area contributed by atoms with Gasteiger partial charge in [-0.1, -0.05) is 24.3 Å². The number of carbonyl (C=O) groups is 1. The molecular formula is C27H24FN3O3. The normalized spacial score (nSPS) is 13.1. The van der Waals surface area contributed by atoms with E-state index in [4.69, 9.17) is 9.84 Å². The zero-order valence-electron chi connectivity index (χ0n) is 19.0. The molecule has 1 aliphatic heterocycles. The summed E-state index contributed by atoms with van der Waals surface area (Å²) in [6.45, 7) is 1.76. The van der Waals surface area contributed by atoms with E-state index in [1.165, 1.54) is 13.2 Å². The van der Waals surface area contributed by atoms with Gasteiger partial charge in [-0.25, -0.2) is 9.18 Å². The van der Waals surface area contributed by atoms with Crippen molar-refractivity contribution >= 4 is 5.97 Å². The molecule has 1 aliphatic rings. The van der Waals surface area contributed by atoms with Gasteiger partial charge in [0.1, 0.15) is 11.6 Å². The van der Waals surface area contributed by atoms with Gasteiger partial charge in [-0.05, 0) is 66.2 Å². The van der Waals surface area contributed by atoms with E-state index in [0.717, 1.165) is 33.6 Å². The zero-order chi connectivity index (χ0) is 23.8. The van der Waals surface area contributed by atoms with E-state index in [9.17, 15) is 14.3 Å². The lowest BCUT2D eigenvalue weighted by Gasteiger charge is -2.14. The largest absolute Gasteiger partial charge is 0.508 e. The Morgan fingerprint density at radius 1 is 1.06 bits per heavy atom. The van der Waals surface area contributed by atoms with Gasteiger partial charge in [-0.2, -0.15) is 5.10 Å². The minimum absolute atomic E-state index is 0.0999. The van der Waals surface area contributed by atoms with Crippen LogP contribution in [-0.4, -0.2) is 39.9 Å². The van der Waals surface area contributed by atoms with Crippen LogP contribution in [0.4, 0.5) is 4.39 Å². The van der Waals surface area contributed by atoms with Crippen LogP contribution in [0.2, 0.25) is 0 Å². The smallest absolute Gasteiger partial charge is 0.337 e. The topological polar surface area (TPSA) is 67.6 Å². The molecule has 0 aliphatic carbocycles. The molecule has 3 aromatic carbocycles. The molecule has 7 heteroatoms. The third-order valence-corrected chi connectivity index (χ3v) is 6.04. The van der Waals surface area contributed by atoms with Crippen molar-refractivity contribution in [3.05, 3.63) is 94.9 Å². The second-order valence-electron chi connectivity index (χ2n) is 8.54. The van der Waals surface area contributed by atoms with Gasteiger partial charge in [0.05, 0.1) is 30.6 Å². The molecule has 0 fully saturated rings. The van der Waals surface area contributed by atoms with Crippen molar-refractivity contribution in [1.29, 1.82) is 0 Å². The lowest BCUT2D eigenvalue weighted by atomic mass is 10.00. The van der Waals surface area contributed by atoms with E-state index in [0.29, 0.717) is 30.8 Å². The standard InChI is InChI=1S/C27H24FN3O3/c1-30-15-23-25(16-30)29-31(26(23)22-8-3-4-9-24(22)28)14-17-10-20(13-21(32)11-17)18-6-5-7-19(12-18)27(33)34-2/h3-13,32H,14-16H2,1-2H3. The average molecular weight is 458 g/mol. The molecule has 0 bridgehead atoms. The number of benzene rings is 3. The van der Waals surface area contributed by atoms with Crippen molar-refractivity contribution in [3.8, 4) is 28.1 Å². The molecular weight excluding hydrogens is 433 g/mol. The van der Waals surface area contributed by atoms with Crippen LogP contribution in [0, 0.1) is 5.82 Å². The van der Waals surface area contributed by atoms with Gasteiger partial charge in [0.25, 0.3) is 0 Å². The predicted molar refractivity (Wildman–Crippen MR) is 127 cm³/mol. The highest BCUT2D eigenvalue weighted by molar-refractivity contribution is 5.91. The first-order valence-electron chi connectivity index (χ1n) is 11.0. The van der Waals surface area contributed by atoms with Crippen molar-refractivity contribution in [1.82, 2.24) is 14.7 Å². The molecule has 172 valence electrons. The fraction of sp³-hybridized carbons (Fsp3) is 0.185. The molecule has 0 unspecified atom stereocenters. The molecule has 6 nitrogen and oxygen atoms in total. The molecule has 5 rings (SSSR count). The molecule has 4 aromatic rings. The number of aromatic nitrogens is 2. The van der Waals surface area contributed by atoms with Gasteiger partial charge in [0.15, 0.2) is 0 Å². The van der Waals surface area contributed by atoms with Crippen molar-refractivity contribution in [3.63, 3.8) is 0 Å². The predicted octanol–water partition coefficient (Wildman–Crippen LogP) is 4.84. The summed E-state index contributed by atoms with van der Waals surface area (Å²) < 4.78 is 21.4. The number of fused-ring (bicyclic) bond motifs is 1. The van der Waals surface area contributed by atoms with Crippen LogP contribution in [-0.2, 0) is 24.4 Å². The van der Waals surface area contributed by atoms with E-state index in [1.807, 2.05) is 29.9 Å². The van der Waals surface area contributed by atoms with E-state index >= 15 is 0 Å². The van der Waals surface area contributed by atoms with Gasteiger partial charge in [-0.15, -0.1) is 0 Å². The lowest BCUT2D eigenvalue weighted by molar-refractivity contribution is 0.0601. The second-order valence-corrected chi connectivity index (χ2v) is 8.54. The number of hydrogen-bond acceptors (Lipinski definition) is 5. The maximum absolute atomic E-state index is 14.8. The summed E-state index contributed by atoms with van der Waals surface area (Å²) in [4.78, 5) is 14.1. The quantitative estimate of drug-likeness (QED) is 0.435. The SMILES string of the molecule is COC(=O)c1cccc(-c2cc(O)cc(Cn3nc4c(c3-c3ccccc3F)CN(C)C4)c2)c1. The average Bonchev–Trinajstić information content (AvgIpc) is 3.34. The lowest BCUT2D eigenvalue weighted by Crippen LogP contribution is -2.13. The van der Waals surface area contributed by atoms with Gasteiger partial charge < -0.3 is 9.84 Å². The van der Waals surface area contributed by atoms with E-state index in [1.54, 1.807) is 42.5 Å². The summed E-state index contributed by atoms with van der Waals surface area (Å²) >= 11 is 0. The Morgan fingerprint density at radius 2 is 1.88 bits per heavy atom. The monoisotopic (exact) mass is 457 g/mol. The number of hydrogen-bond donors (Lipinski definition) is 1. The highest BCUT2D eigenvalue weighted by Crippen LogP contribution is 2.35. The van der Waals surface area contributed by atoms with E-state index in [-0.39, 0.29) is 11.6 Å². The number of nitrogens with zero attached hydrogens (tertiary/aromatic N) is 3. The van der Waals surface area contributed by atoms with Crippen LogP contribution in [0.15, 0.2) is 66.7 Å².